The van der Waals surface area contributed by atoms with Gasteiger partial charge < -0.3 is 9.31 Å². The minimum absolute atomic E-state index is 0.270. The van der Waals surface area contributed by atoms with Crippen LogP contribution in [0.3, 0.4) is 0 Å². The van der Waals surface area contributed by atoms with Crippen LogP contribution in [-0.2, 0) is 18.9 Å². The minimum Gasteiger partial charge on any atom is -0.479 e. The SMILES string of the molecule is CC(=O)OB(OC(C)=O)N(/N=C(\C)N=Nc1ccccc1)c1ccccc1. The molecule has 0 saturated carbocycles. The van der Waals surface area contributed by atoms with Gasteiger partial charge in [-0.3, -0.25) is 9.59 Å². The van der Waals surface area contributed by atoms with Crippen LogP contribution in [0.2, 0.25) is 0 Å². The lowest BCUT2D eigenvalue weighted by Gasteiger charge is -2.23. The van der Waals surface area contributed by atoms with Gasteiger partial charge in [-0.1, -0.05) is 36.4 Å². The fraction of sp³-hybridized carbons (Fsp3) is 0.167. The molecule has 0 N–H and O–H groups in total. The van der Waals surface area contributed by atoms with E-state index in [0.717, 1.165) is 0 Å². The summed E-state index contributed by atoms with van der Waals surface area (Å²) in [5.74, 6) is -0.978. The van der Waals surface area contributed by atoms with Crippen molar-refractivity contribution in [2.24, 2.45) is 15.3 Å². The van der Waals surface area contributed by atoms with E-state index in [1.807, 2.05) is 24.3 Å². The quantitative estimate of drug-likeness (QED) is 0.255. The number of benzene rings is 2. The van der Waals surface area contributed by atoms with Crippen molar-refractivity contribution in [3.8, 4) is 0 Å². The standard InChI is InChI=1S/C18H19BN4O4/c1-14(20-21-17-10-6-4-7-11-17)22-23(18-12-8-5-9-13-18)19(26-15(2)24)27-16(3)25/h4-13H,1-3H3/b21-20?,22-14+. The number of rotatable bonds is 6. The molecule has 0 aromatic heterocycles. The van der Waals surface area contributed by atoms with E-state index >= 15 is 0 Å². The van der Waals surface area contributed by atoms with Crippen LogP contribution in [-0.4, -0.2) is 25.0 Å². The van der Waals surface area contributed by atoms with E-state index in [4.69, 9.17) is 9.31 Å². The van der Waals surface area contributed by atoms with E-state index in [2.05, 4.69) is 15.3 Å². The Kier molecular flexibility index (Phi) is 7.24. The molecule has 0 heterocycles. The van der Waals surface area contributed by atoms with E-state index < -0.39 is 19.2 Å². The molecule has 9 heteroatoms. The van der Waals surface area contributed by atoms with Crippen molar-refractivity contribution >= 4 is 36.4 Å². The van der Waals surface area contributed by atoms with E-state index in [0.29, 0.717) is 11.4 Å². The zero-order valence-corrected chi connectivity index (χ0v) is 15.3. The molecular weight excluding hydrogens is 347 g/mol. The average Bonchev–Trinajstić information content (AvgIpc) is 2.65. The van der Waals surface area contributed by atoms with Crippen molar-refractivity contribution in [1.29, 1.82) is 0 Å². The zero-order chi connectivity index (χ0) is 19.6. The summed E-state index contributed by atoms with van der Waals surface area (Å²) in [7, 11) is -1.37. The van der Waals surface area contributed by atoms with Crippen molar-refractivity contribution in [1.82, 2.24) is 0 Å². The Morgan fingerprint density at radius 3 is 1.89 bits per heavy atom. The minimum atomic E-state index is -1.37. The van der Waals surface area contributed by atoms with Crippen LogP contribution in [0.5, 0.6) is 0 Å². The molecule has 27 heavy (non-hydrogen) atoms. The van der Waals surface area contributed by atoms with Gasteiger partial charge in [0.15, 0.2) is 5.84 Å². The lowest BCUT2D eigenvalue weighted by molar-refractivity contribution is -0.137. The maximum Gasteiger partial charge on any atom is 0.764 e. The molecule has 8 nitrogen and oxygen atoms in total. The zero-order valence-electron chi connectivity index (χ0n) is 15.3. The maximum absolute atomic E-state index is 11.4. The summed E-state index contributed by atoms with van der Waals surface area (Å²) in [6.45, 7) is 4.05. The number of hydrazone groups is 1. The summed E-state index contributed by atoms with van der Waals surface area (Å²) in [4.78, 5) is 24.1. The van der Waals surface area contributed by atoms with Crippen LogP contribution in [0.25, 0.3) is 0 Å². The van der Waals surface area contributed by atoms with Crippen molar-refractivity contribution in [2.75, 3.05) is 4.92 Å². The number of azo groups is 1. The third kappa shape index (κ3) is 6.73. The third-order valence-corrected chi connectivity index (χ3v) is 3.07. The Morgan fingerprint density at radius 1 is 0.852 bits per heavy atom. The lowest BCUT2D eigenvalue weighted by Crippen LogP contribution is -2.44. The average molecular weight is 366 g/mol. The monoisotopic (exact) mass is 366 g/mol. The van der Waals surface area contributed by atoms with Gasteiger partial charge in [-0.2, -0.15) is 5.10 Å². The summed E-state index contributed by atoms with van der Waals surface area (Å²) < 4.78 is 10.2. The molecule has 0 aliphatic heterocycles. The fourth-order valence-corrected chi connectivity index (χ4v) is 2.02. The predicted molar refractivity (Wildman–Crippen MR) is 102 cm³/mol. The van der Waals surface area contributed by atoms with Gasteiger partial charge in [-0.25, -0.2) is 4.92 Å². The Hall–Kier alpha value is -3.49. The molecule has 0 amide bonds. The van der Waals surface area contributed by atoms with Crippen LogP contribution >= 0.6 is 0 Å². The largest absolute Gasteiger partial charge is 0.764 e. The van der Waals surface area contributed by atoms with Crippen LogP contribution in [0.4, 0.5) is 11.4 Å². The van der Waals surface area contributed by atoms with E-state index in [1.54, 1.807) is 43.3 Å². The summed E-state index contributed by atoms with van der Waals surface area (Å²) in [5.41, 5.74) is 1.20. The number of para-hydroxylation sites is 1. The van der Waals surface area contributed by atoms with Gasteiger partial charge in [0.1, 0.15) is 0 Å². The van der Waals surface area contributed by atoms with Gasteiger partial charge in [0, 0.05) is 13.8 Å². The molecule has 0 unspecified atom stereocenters. The number of hydrogen-bond donors (Lipinski definition) is 0. The van der Waals surface area contributed by atoms with Crippen LogP contribution in [0.1, 0.15) is 20.8 Å². The summed E-state index contributed by atoms with van der Waals surface area (Å²) in [6.07, 6.45) is 0. The first-order valence-corrected chi connectivity index (χ1v) is 8.16. The van der Waals surface area contributed by atoms with Gasteiger partial charge in [0.05, 0.1) is 11.4 Å². The third-order valence-electron chi connectivity index (χ3n) is 3.07. The van der Waals surface area contributed by atoms with E-state index in [1.165, 1.54) is 18.8 Å². The number of nitrogens with zero attached hydrogens (tertiary/aromatic N) is 4. The second-order valence-corrected chi connectivity index (χ2v) is 5.39. The lowest BCUT2D eigenvalue weighted by atomic mass is 10.1. The van der Waals surface area contributed by atoms with Gasteiger partial charge in [0.2, 0.25) is 0 Å². The molecule has 0 aliphatic carbocycles. The molecule has 0 bridgehead atoms. The molecule has 0 atom stereocenters. The van der Waals surface area contributed by atoms with Crippen LogP contribution in [0, 0.1) is 0 Å². The van der Waals surface area contributed by atoms with Crippen molar-refractivity contribution in [3.05, 3.63) is 60.7 Å². The second kappa shape index (κ2) is 9.86. The Balaban J connectivity index is 2.34. The number of carbonyl (C=O) groups excluding carboxylic acids is 2. The smallest absolute Gasteiger partial charge is 0.479 e. The summed E-state index contributed by atoms with van der Waals surface area (Å²) in [6, 6.07) is 18.0. The number of amidine groups is 1. The summed E-state index contributed by atoms with van der Waals surface area (Å²) >= 11 is 0. The fourth-order valence-electron chi connectivity index (χ4n) is 2.02. The molecule has 0 fully saturated rings. The highest BCUT2D eigenvalue weighted by Gasteiger charge is 2.37. The van der Waals surface area contributed by atoms with Gasteiger partial charge >= 0.3 is 7.25 Å². The molecule has 0 saturated heterocycles. The molecule has 2 rings (SSSR count). The van der Waals surface area contributed by atoms with Crippen LogP contribution in [0.15, 0.2) is 76.0 Å². The van der Waals surface area contributed by atoms with E-state index in [9.17, 15) is 9.59 Å². The number of hydrogen-bond acceptors (Lipinski definition) is 7. The van der Waals surface area contributed by atoms with Crippen molar-refractivity contribution in [2.45, 2.75) is 20.8 Å². The van der Waals surface area contributed by atoms with Crippen LogP contribution < -0.4 is 4.92 Å². The maximum atomic E-state index is 11.4. The first kappa shape index (κ1) is 19.8. The summed E-state index contributed by atoms with van der Waals surface area (Å²) in [5, 5.41) is 12.4. The molecule has 2 aromatic rings. The molecule has 0 aliphatic rings. The topological polar surface area (TPSA) is 92.9 Å². The Bertz CT molecular complexity index is 812. The van der Waals surface area contributed by atoms with Crippen molar-refractivity contribution in [3.63, 3.8) is 0 Å². The first-order chi connectivity index (χ1) is 13.0. The highest BCUT2D eigenvalue weighted by molar-refractivity contribution is 6.53. The highest BCUT2D eigenvalue weighted by Crippen LogP contribution is 2.18. The molecular formula is C18H19BN4O4. The Morgan fingerprint density at radius 2 is 1.37 bits per heavy atom. The van der Waals surface area contributed by atoms with Gasteiger partial charge in [0.25, 0.3) is 11.9 Å². The molecule has 0 radical (unpaired) electrons. The number of carbonyl (C=O) groups is 2. The van der Waals surface area contributed by atoms with Crippen molar-refractivity contribution < 1.29 is 18.9 Å². The first-order valence-electron chi connectivity index (χ1n) is 8.16. The molecule has 138 valence electrons. The Labute approximate surface area is 157 Å². The number of anilines is 1. The predicted octanol–water partition coefficient (Wildman–Crippen LogP) is 3.72. The normalized spacial score (nSPS) is 11.1. The highest BCUT2D eigenvalue weighted by atomic mass is 16.7. The van der Waals surface area contributed by atoms with Gasteiger partial charge in [-0.15, -0.1) is 10.2 Å². The second-order valence-electron chi connectivity index (χ2n) is 5.39. The van der Waals surface area contributed by atoms with Gasteiger partial charge in [-0.05, 0) is 31.2 Å². The molecule has 2 aromatic carbocycles. The van der Waals surface area contributed by atoms with E-state index in [-0.39, 0.29) is 5.84 Å². The molecule has 0 spiro atoms.